The van der Waals surface area contributed by atoms with Crippen molar-refractivity contribution in [1.29, 1.82) is 0 Å². The number of benzene rings is 1. The molecule has 29 heavy (non-hydrogen) atoms. The van der Waals surface area contributed by atoms with Crippen molar-refractivity contribution in [3.8, 4) is 22.7 Å². The Kier molecular flexibility index (Phi) is 5.15. The van der Waals surface area contributed by atoms with Crippen LogP contribution in [0.25, 0.3) is 33.7 Å². The summed E-state index contributed by atoms with van der Waals surface area (Å²) in [6, 6.07) is 10.7. The van der Waals surface area contributed by atoms with Gasteiger partial charge < -0.3 is 9.84 Å². The zero-order valence-corrected chi connectivity index (χ0v) is 17.5. The van der Waals surface area contributed by atoms with Gasteiger partial charge >= 0.3 is 0 Å². The van der Waals surface area contributed by atoms with Gasteiger partial charge in [0, 0.05) is 24.1 Å². The van der Waals surface area contributed by atoms with Crippen LogP contribution in [0.3, 0.4) is 0 Å². The molecule has 1 atom stereocenters. The van der Waals surface area contributed by atoms with Crippen LogP contribution in [0.2, 0.25) is 0 Å². The lowest BCUT2D eigenvalue weighted by atomic mass is 10.0. The molecule has 0 amide bonds. The average molecular weight is 390 g/mol. The summed E-state index contributed by atoms with van der Waals surface area (Å²) in [6.07, 6.45) is 2.53. The SMILES string of the molecule is CNC(C)Cc1noc(-c2cc(-c3ccccc3C)nc3c2cnn3C(C)C)n1. The number of hydrogen-bond donors (Lipinski definition) is 1. The molecule has 1 unspecified atom stereocenters. The minimum Gasteiger partial charge on any atom is -0.334 e. The summed E-state index contributed by atoms with van der Waals surface area (Å²) < 4.78 is 7.57. The molecule has 1 aromatic carbocycles. The normalized spacial score (nSPS) is 12.8. The van der Waals surface area contributed by atoms with Gasteiger partial charge in [0.1, 0.15) is 0 Å². The zero-order chi connectivity index (χ0) is 20.5. The highest BCUT2D eigenvalue weighted by Gasteiger charge is 2.20. The lowest BCUT2D eigenvalue weighted by Gasteiger charge is -2.10. The van der Waals surface area contributed by atoms with E-state index in [0.717, 1.165) is 33.4 Å². The van der Waals surface area contributed by atoms with Crippen LogP contribution >= 0.6 is 0 Å². The van der Waals surface area contributed by atoms with Crippen molar-refractivity contribution in [2.45, 2.75) is 46.2 Å². The fraction of sp³-hybridized carbons (Fsp3) is 0.364. The largest absolute Gasteiger partial charge is 0.334 e. The first-order chi connectivity index (χ1) is 14.0. The van der Waals surface area contributed by atoms with E-state index in [1.807, 2.05) is 36.1 Å². The maximum absolute atomic E-state index is 5.64. The fourth-order valence-corrected chi connectivity index (χ4v) is 3.39. The van der Waals surface area contributed by atoms with Gasteiger partial charge in [-0.15, -0.1) is 0 Å². The second kappa shape index (κ2) is 7.75. The third-order valence-electron chi connectivity index (χ3n) is 5.16. The lowest BCUT2D eigenvalue weighted by Crippen LogP contribution is -2.24. The van der Waals surface area contributed by atoms with Crippen LogP contribution in [0.4, 0.5) is 0 Å². The zero-order valence-electron chi connectivity index (χ0n) is 17.5. The van der Waals surface area contributed by atoms with E-state index in [1.165, 1.54) is 0 Å². The fourth-order valence-electron chi connectivity index (χ4n) is 3.39. The number of aromatic nitrogens is 5. The summed E-state index contributed by atoms with van der Waals surface area (Å²) in [6.45, 7) is 8.37. The van der Waals surface area contributed by atoms with E-state index in [1.54, 1.807) is 0 Å². The Bertz CT molecular complexity index is 1140. The topological polar surface area (TPSA) is 81.7 Å². The number of hydrogen-bond acceptors (Lipinski definition) is 6. The molecule has 3 heterocycles. The monoisotopic (exact) mass is 390 g/mol. The number of pyridine rings is 1. The van der Waals surface area contributed by atoms with Crippen molar-refractivity contribution in [3.05, 3.63) is 47.9 Å². The molecule has 150 valence electrons. The highest BCUT2D eigenvalue weighted by molar-refractivity contribution is 5.93. The van der Waals surface area contributed by atoms with Crippen LogP contribution in [0.15, 0.2) is 41.1 Å². The molecule has 7 heteroatoms. The molecule has 0 aliphatic heterocycles. The van der Waals surface area contributed by atoms with Crippen LogP contribution in [0.5, 0.6) is 0 Å². The summed E-state index contributed by atoms with van der Waals surface area (Å²) in [5, 5.41) is 12.8. The van der Waals surface area contributed by atoms with E-state index in [-0.39, 0.29) is 12.1 Å². The summed E-state index contributed by atoms with van der Waals surface area (Å²) >= 11 is 0. The molecule has 0 saturated carbocycles. The maximum Gasteiger partial charge on any atom is 0.258 e. The van der Waals surface area contributed by atoms with Gasteiger partial charge in [0.2, 0.25) is 0 Å². The maximum atomic E-state index is 5.64. The third-order valence-corrected chi connectivity index (χ3v) is 5.16. The number of rotatable bonds is 6. The van der Waals surface area contributed by atoms with Crippen LogP contribution in [0, 0.1) is 6.92 Å². The van der Waals surface area contributed by atoms with Gasteiger partial charge in [-0.3, -0.25) is 0 Å². The molecule has 0 radical (unpaired) electrons. The first-order valence-corrected chi connectivity index (χ1v) is 9.92. The molecule has 0 fully saturated rings. The lowest BCUT2D eigenvalue weighted by molar-refractivity contribution is 0.418. The summed E-state index contributed by atoms with van der Waals surface area (Å²) in [5.74, 6) is 1.18. The van der Waals surface area contributed by atoms with Gasteiger partial charge in [0.25, 0.3) is 5.89 Å². The third kappa shape index (κ3) is 3.65. The number of nitrogens with zero attached hydrogens (tertiary/aromatic N) is 5. The van der Waals surface area contributed by atoms with Gasteiger partial charge in [-0.1, -0.05) is 29.4 Å². The highest BCUT2D eigenvalue weighted by atomic mass is 16.5. The van der Waals surface area contributed by atoms with E-state index >= 15 is 0 Å². The summed E-state index contributed by atoms with van der Waals surface area (Å²) in [5.41, 5.74) is 4.79. The standard InChI is InChI=1S/C22H26N6O/c1-13(2)28-21-18(12-24-28)17(22-26-20(27-29-22)10-15(4)23-5)11-19(25-21)16-9-7-6-8-14(16)3/h6-9,11-13,15,23H,10H2,1-5H3. The van der Waals surface area contributed by atoms with E-state index in [4.69, 9.17) is 9.51 Å². The number of fused-ring (bicyclic) bond motifs is 1. The number of aryl methyl sites for hydroxylation is 1. The van der Waals surface area contributed by atoms with E-state index in [9.17, 15) is 0 Å². The average Bonchev–Trinajstić information content (AvgIpc) is 3.34. The Morgan fingerprint density at radius 1 is 1.10 bits per heavy atom. The molecule has 4 aromatic rings. The summed E-state index contributed by atoms with van der Waals surface area (Å²) in [4.78, 5) is 9.59. The molecule has 0 bridgehead atoms. The smallest absolute Gasteiger partial charge is 0.258 e. The molecule has 4 rings (SSSR count). The molecule has 3 aromatic heterocycles. The van der Waals surface area contributed by atoms with Crippen molar-refractivity contribution in [3.63, 3.8) is 0 Å². The second-order valence-electron chi connectivity index (χ2n) is 7.70. The van der Waals surface area contributed by atoms with E-state index < -0.39 is 0 Å². The number of nitrogens with one attached hydrogen (secondary N) is 1. The Balaban J connectivity index is 1.90. The minimum atomic E-state index is 0.190. The van der Waals surface area contributed by atoms with E-state index in [2.05, 4.69) is 60.4 Å². The highest BCUT2D eigenvalue weighted by Crippen LogP contribution is 2.33. The van der Waals surface area contributed by atoms with Crippen LogP contribution < -0.4 is 5.32 Å². The van der Waals surface area contributed by atoms with Gasteiger partial charge in [0.15, 0.2) is 11.5 Å². The molecule has 1 N–H and O–H groups in total. The van der Waals surface area contributed by atoms with Gasteiger partial charge in [-0.2, -0.15) is 10.1 Å². The molecule has 0 aliphatic carbocycles. The molecule has 0 aliphatic rings. The predicted molar refractivity (Wildman–Crippen MR) is 114 cm³/mol. The quantitative estimate of drug-likeness (QED) is 0.532. The van der Waals surface area contributed by atoms with Crippen molar-refractivity contribution >= 4 is 11.0 Å². The van der Waals surface area contributed by atoms with Crippen molar-refractivity contribution in [1.82, 2.24) is 30.2 Å². The Hall–Kier alpha value is -3.06. The van der Waals surface area contributed by atoms with E-state index in [0.29, 0.717) is 18.1 Å². The molecular formula is C22H26N6O. The molecule has 0 saturated heterocycles. The van der Waals surface area contributed by atoms with Crippen LogP contribution in [0.1, 0.15) is 38.2 Å². The van der Waals surface area contributed by atoms with Crippen LogP contribution in [-0.4, -0.2) is 38.0 Å². The summed E-state index contributed by atoms with van der Waals surface area (Å²) in [7, 11) is 1.92. The minimum absolute atomic E-state index is 0.190. The molecular weight excluding hydrogens is 364 g/mol. The first kappa shape index (κ1) is 19.3. The Labute approximate surface area is 170 Å². The molecule has 7 nitrogen and oxygen atoms in total. The van der Waals surface area contributed by atoms with Crippen molar-refractivity contribution < 1.29 is 4.52 Å². The van der Waals surface area contributed by atoms with Gasteiger partial charge in [-0.25, -0.2) is 9.67 Å². The predicted octanol–water partition coefficient (Wildman–Crippen LogP) is 4.19. The number of likely N-dealkylation sites (N-methyl/N-ethyl adjacent to an activating group) is 1. The van der Waals surface area contributed by atoms with Crippen LogP contribution in [-0.2, 0) is 6.42 Å². The second-order valence-corrected chi connectivity index (χ2v) is 7.70. The van der Waals surface area contributed by atoms with Gasteiger partial charge in [0.05, 0.1) is 22.8 Å². The van der Waals surface area contributed by atoms with Crippen molar-refractivity contribution in [2.24, 2.45) is 0 Å². The van der Waals surface area contributed by atoms with Gasteiger partial charge in [-0.05, 0) is 46.4 Å². The molecule has 0 spiro atoms. The van der Waals surface area contributed by atoms with Crippen molar-refractivity contribution in [2.75, 3.05) is 7.05 Å². The Morgan fingerprint density at radius 2 is 1.90 bits per heavy atom. The Morgan fingerprint density at radius 3 is 2.62 bits per heavy atom. The first-order valence-electron chi connectivity index (χ1n) is 9.92.